The molecule has 0 amide bonds. The lowest BCUT2D eigenvalue weighted by Gasteiger charge is -2.11. The quantitative estimate of drug-likeness (QED) is 0.441. The zero-order valence-corrected chi connectivity index (χ0v) is 17.9. The molecule has 6 nitrogen and oxygen atoms in total. The van der Waals surface area contributed by atoms with Crippen molar-refractivity contribution < 1.29 is 4.74 Å². The summed E-state index contributed by atoms with van der Waals surface area (Å²) in [6, 6.07) is 4.22. The number of hydrogen-bond acceptors (Lipinski definition) is 4. The smallest absolute Gasteiger partial charge is 0.147 e. The van der Waals surface area contributed by atoms with Crippen molar-refractivity contribution in [1.82, 2.24) is 24.4 Å². The minimum absolute atomic E-state index is 0.442. The van der Waals surface area contributed by atoms with Crippen molar-refractivity contribution in [2.75, 3.05) is 0 Å². The molecular formula is C25H25N5O. The predicted octanol–water partition coefficient (Wildman–Crippen LogP) is 4.42. The Morgan fingerprint density at radius 1 is 1.03 bits per heavy atom. The average Bonchev–Trinajstić information content (AvgIpc) is 3.36. The third kappa shape index (κ3) is 4.31. The zero-order chi connectivity index (χ0) is 21.2. The van der Waals surface area contributed by atoms with Crippen LogP contribution in [0, 0.1) is 17.8 Å². The molecule has 0 spiro atoms. The van der Waals surface area contributed by atoms with Gasteiger partial charge < -0.3 is 4.74 Å². The molecule has 31 heavy (non-hydrogen) atoms. The highest BCUT2D eigenvalue weighted by atomic mass is 16.5. The first kappa shape index (κ1) is 19.4. The monoisotopic (exact) mass is 411 g/mol. The molecule has 1 fully saturated rings. The van der Waals surface area contributed by atoms with Crippen LogP contribution in [0.5, 0.6) is 5.75 Å². The zero-order valence-electron chi connectivity index (χ0n) is 17.9. The Balaban J connectivity index is 1.52. The second kappa shape index (κ2) is 8.27. The summed E-state index contributed by atoms with van der Waals surface area (Å²) >= 11 is 0. The Morgan fingerprint density at radius 2 is 1.90 bits per heavy atom. The van der Waals surface area contributed by atoms with Gasteiger partial charge in [-0.15, -0.1) is 0 Å². The van der Waals surface area contributed by atoms with Gasteiger partial charge in [0, 0.05) is 54.4 Å². The van der Waals surface area contributed by atoms with Crippen molar-refractivity contribution in [1.29, 1.82) is 0 Å². The SMILES string of the molecule is CCCc1cncc(COc2cc(-c3cnn(C)c3)cn3ncc(C#CC4CC4)c23)c1. The highest BCUT2D eigenvalue weighted by Gasteiger charge is 2.19. The molecule has 4 aromatic rings. The molecule has 0 aromatic carbocycles. The van der Waals surface area contributed by atoms with Crippen LogP contribution in [0.1, 0.15) is 42.9 Å². The number of fused-ring (bicyclic) bond motifs is 1. The number of aromatic nitrogens is 5. The van der Waals surface area contributed by atoms with E-state index in [-0.39, 0.29) is 0 Å². The summed E-state index contributed by atoms with van der Waals surface area (Å²) in [5, 5.41) is 8.86. The minimum Gasteiger partial charge on any atom is -0.487 e. The lowest BCUT2D eigenvalue weighted by atomic mass is 10.1. The highest BCUT2D eigenvalue weighted by molar-refractivity contribution is 5.75. The van der Waals surface area contributed by atoms with Crippen molar-refractivity contribution in [3.8, 4) is 28.7 Å². The van der Waals surface area contributed by atoms with Crippen LogP contribution in [0.15, 0.2) is 49.3 Å². The van der Waals surface area contributed by atoms with Gasteiger partial charge in [0.15, 0.2) is 0 Å². The van der Waals surface area contributed by atoms with Crippen LogP contribution in [0.25, 0.3) is 16.6 Å². The van der Waals surface area contributed by atoms with Gasteiger partial charge in [0.2, 0.25) is 0 Å². The molecular weight excluding hydrogens is 386 g/mol. The maximum atomic E-state index is 6.33. The van der Waals surface area contributed by atoms with E-state index in [1.807, 2.05) is 48.7 Å². The van der Waals surface area contributed by atoms with Crippen LogP contribution < -0.4 is 4.74 Å². The second-order valence-corrected chi connectivity index (χ2v) is 8.13. The molecule has 0 saturated heterocycles. The first-order chi connectivity index (χ1) is 15.2. The first-order valence-electron chi connectivity index (χ1n) is 10.8. The van der Waals surface area contributed by atoms with Gasteiger partial charge in [-0.1, -0.05) is 25.2 Å². The van der Waals surface area contributed by atoms with Crippen LogP contribution >= 0.6 is 0 Å². The van der Waals surface area contributed by atoms with E-state index in [1.165, 1.54) is 18.4 Å². The van der Waals surface area contributed by atoms with Crippen LogP contribution in [0.3, 0.4) is 0 Å². The summed E-state index contributed by atoms with van der Waals surface area (Å²) in [7, 11) is 1.91. The molecule has 1 aliphatic carbocycles. The Morgan fingerprint density at radius 3 is 2.68 bits per heavy atom. The maximum absolute atomic E-state index is 6.33. The normalized spacial score (nSPS) is 13.2. The summed E-state index contributed by atoms with van der Waals surface area (Å²) in [6.07, 6.45) is 16.0. The van der Waals surface area contributed by atoms with E-state index in [9.17, 15) is 0 Å². The van der Waals surface area contributed by atoms with Crippen LogP contribution in [-0.2, 0) is 20.1 Å². The van der Waals surface area contributed by atoms with Gasteiger partial charge in [0.1, 0.15) is 17.9 Å². The van der Waals surface area contributed by atoms with E-state index < -0.39 is 0 Å². The van der Waals surface area contributed by atoms with Crippen molar-refractivity contribution in [3.63, 3.8) is 0 Å². The van der Waals surface area contributed by atoms with Gasteiger partial charge >= 0.3 is 0 Å². The lowest BCUT2D eigenvalue weighted by molar-refractivity contribution is 0.308. The van der Waals surface area contributed by atoms with Gasteiger partial charge in [0.05, 0.1) is 18.0 Å². The number of aryl methyl sites for hydroxylation is 2. The molecule has 1 aliphatic rings. The Bertz CT molecular complexity index is 1290. The lowest BCUT2D eigenvalue weighted by Crippen LogP contribution is -2.01. The Labute approximate surface area is 181 Å². The molecule has 1 saturated carbocycles. The molecule has 0 N–H and O–H groups in total. The standard InChI is InChI=1S/C25H25N5O/c1-3-4-19-9-20(12-26-11-19)17-31-24-10-22(23-14-27-29(2)15-23)16-30-25(24)21(13-28-30)8-7-18-5-6-18/h9-16,18H,3-6,17H2,1-2H3. The number of hydrogen-bond donors (Lipinski definition) is 0. The molecule has 0 atom stereocenters. The average molecular weight is 412 g/mol. The van der Waals surface area contributed by atoms with E-state index >= 15 is 0 Å². The maximum Gasteiger partial charge on any atom is 0.147 e. The molecule has 4 heterocycles. The minimum atomic E-state index is 0.442. The van der Waals surface area contributed by atoms with Gasteiger partial charge in [-0.2, -0.15) is 10.2 Å². The fraction of sp³-hybridized carbons (Fsp3) is 0.320. The van der Waals surface area contributed by atoms with Crippen LogP contribution in [0.2, 0.25) is 0 Å². The molecule has 156 valence electrons. The van der Waals surface area contributed by atoms with Crippen molar-refractivity contribution in [2.45, 2.75) is 39.2 Å². The number of rotatable bonds is 6. The van der Waals surface area contributed by atoms with Crippen molar-refractivity contribution in [3.05, 3.63) is 66.0 Å². The van der Waals surface area contributed by atoms with Gasteiger partial charge in [-0.3, -0.25) is 9.67 Å². The molecule has 0 bridgehead atoms. The third-order valence-corrected chi connectivity index (χ3v) is 5.39. The Kier molecular flexibility index (Phi) is 5.17. The third-order valence-electron chi connectivity index (χ3n) is 5.39. The van der Waals surface area contributed by atoms with E-state index in [0.717, 1.165) is 46.4 Å². The number of ether oxygens (including phenoxy) is 1. The van der Waals surface area contributed by atoms with Gasteiger partial charge in [-0.25, -0.2) is 4.52 Å². The van der Waals surface area contributed by atoms with Crippen molar-refractivity contribution in [2.24, 2.45) is 13.0 Å². The molecule has 6 heteroatoms. The Hall–Kier alpha value is -3.59. The fourth-order valence-electron chi connectivity index (χ4n) is 3.63. The molecule has 0 unspecified atom stereocenters. The number of nitrogens with zero attached hydrogens (tertiary/aromatic N) is 5. The van der Waals surface area contributed by atoms with Gasteiger partial charge in [0.25, 0.3) is 0 Å². The van der Waals surface area contributed by atoms with Crippen molar-refractivity contribution >= 4 is 5.52 Å². The summed E-state index contributed by atoms with van der Waals surface area (Å²) in [6.45, 7) is 2.62. The van der Waals surface area contributed by atoms with Crippen LogP contribution in [-0.4, -0.2) is 24.4 Å². The fourth-order valence-corrected chi connectivity index (χ4v) is 3.63. The van der Waals surface area contributed by atoms with E-state index in [4.69, 9.17) is 4.74 Å². The summed E-state index contributed by atoms with van der Waals surface area (Å²) in [4.78, 5) is 4.38. The molecule has 5 rings (SSSR count). The second-order valence-electron chi connectivity index (χ2n) is 8.13. The molecule has 0 radical (unpaired) electrons. The highest BCUT2D eigenvalue weighted by Crippen LogP contribution is 2.31. The van der Waals surface area contributed by atoms with E-state index in [2.05, 4.69) is 46.1 Å². The summed E-state index contributed by atoms with van der Waals surface area (Å²) < 4.78 is 9.99. The number of pyridine rings is 2. The largest absolute Gasteiger partial charge is 0.487 e. The van der Waals surface area contributed by atoms with E-state index in [1.54, 1.807) is 4.68 Å². The molecule has 4 aromatic heterocycles. The topological polar surface area (TPSA) is 57.2 Å². The predicted molar refractivity (Wildman–Crippen MR) is 120 cm³/mol. The first-order valence-corrected chi connectivity index (χ1v) is 10.8. The van der Waals surface area contributed by atoms with Gasteiger partial charge in [-0.05, 0) is 37.0 Å². The van der Waals surface area contributed by atoms with Crippen LogP contribution in [0.4, 0.5) is 0 Å². The molecule has 0 aliphatic heterocycles. The summed E-state index contributed by atoms with van der Waals surface area (Å²) in [5.41, 5.74) is 6.11. The summed E-state index contributed by atoms with van der Waals surface area (Å²) in [5.74, 6) is 7.95. The van der Waals surface area contributed by atoms with E-state index in [0.29, 0.717) is 12.5 Å².